The molecule has 1 aliphatic heterocycles. The molecule has 0 aliphatic carbocycles. The zero-order valence-corrected chi connectivity index (χ0v) is 28.1. The highest BCUT2D eigenvalue weighted by atomic mass is 32.1. The molecular weight excluding hydrogens is 647 g/mol. The van der Waals surface area contributed by atoms with Crippen LogP contribution < -0.4 is 10.6 Å². The summed E-state index contributed by atoms with van der Waals surface area (Å²) in [6, 6.07) is 53.1. The standard InChI is InChI=1S/C45H29N3O2S/c1-2-10-26(11-3-1)43-46-44(48-45(47-43)34-16-9-19-40-41(34)33-13-5-7-18-39(33)51-40)28-20-22-31-35-24-27(21-23-37(35)49-38(31)25-28)29-14-8-15-32-30-12-4-6-17-36(30)50-42(29)32/h1-25,44-45,48H,(H,46,47). The summed E-state index contributed by atoms with van der Waals surface area (Å²) in [5.41, 5.74) is 8.93. The Kier molecular flexibility index (Phi) is 6.26. The van der Waals surface area contributed by atoms with E-state index >= 15 is 0 Å². The summed E-state index contributed by atoms with van der Waals surface area (Å²) >= 11 is 1.83. The first-order chi connectivity index (χ1) is 25.2. The van der Waals surface area contributed by atoms with Gasteiger partial charge < -0.3 is 14.2 Å². The number of amidine groups is 1. The van der Waals surface area contributed by atoms with E-state index < -0.39 is 0 Å². The number of para-hydroxylation sites is 2. The maximum absolute atomic E-state index is 6.51. The second-order valence-electron chi connectivity index (χ2n) is 13.2. The second-order valence-corrected chi connectivity index (χ2v) is 14.2. The zero-order valence-electron chi connectivity index (χ0n) is 27.3. The third kappa shape index (κ3) is 4.54. The van der Waals surface area contributed by atoms with Crippen LogP contribution in [0, 0.1) is 0 Å². The first-order valence-electron chi connectivity index (χ1n) is 17.2. The van der Waals surface area contributed by atoms with Crippen molar-refractivity contribution in [2.75, 3.05) is 0 Å². The van der Waals surface area contributed by atoms with Crippen LogP contribution >= 0.6 is 11.3 Å². The average Bonchev–Trinajstić information content (AvgIpc) is 3.88. The molecule has 2 unspecified atom stereocenters. The molecule has 1 aliphatic rings. The molecule has 0 saturated heterocycles. The number of nitrogens with zero attached hydrogens (tertiary/aromatic N) is 1. The predicted molar refractivity (Wildman–Crippen MR) is 210 cm³/mol. The van der Waals surface area contributed by atoms with Crippen molar-refractivity contribution in [3.8, 4) is 11.1 Å². The van der Waals surface area contributed by atoms with Crippen LogP contribution in [0.1, 0.15) is 29.0 Å². The highest BCUT2D eigenvalue weighted by Crippen LogP contribution is 2.41. The molecule has 3 aromatic heterocycles. The van der Waals surface area contributed by atoms with E-state index in [1.54, 1.807) is 0 Å². The summed E-state index contributed by atoms with van der Waals surface area (Å²) in [7, 11) is 0. The van der Waals surface area contributed by atoms with Crippen molar-refractivity contribution in [1.29, 1.82) is 0 Å². The summed E-state index contributed by atoms with van der Waals surface area (Å²) in [4.78, 5) is 5.23. The van der Waals surface area contributed by atoms with Crippen LogP contribution in [0.3, 0.4) is 0 Å². The van der Waals surface area contributed by atoms with E-state index in [4.69, 9.17) is 13.8 Å². The maximum atomic E-state index is 6.51. The van der Waals surface area contributed by atoms with Crippen molar-refractivity contribution in [2.45, 2.75) is 12.3 Å². The fourth-order valence-corrected chi connectivity index (χ4v) is 8.92. The van der Waals surface area contributed by atoms with Gasteiger partial charge in [0.2, 0.25) is 0 Å². The van der Waals surface area contributed by atoms with Gasteiger partial charge in [0.05, 0.1) is 0 Å². The largest absolute Gasteiger partial charge is 0.456 e. The summed E-state index contributed by atoms with van der Waals surface area (Å²) in [6.45, 7) is 0. The number of hydrogen-bond acceptors (Lipinski definition) is 6. The van der Waals surface area contributed by atoms with Crippen molar-refractivity contribution in [3.05, 3.63) is 168 Å². The molecule has 11 rings (SSSR count). The minimum atomic E-state index is -0.300. The van der Waals surface area contributed by atoms with Gasteiger partial charge in [0.15, 0.2) is 0 Å². The quantitative estimate of drug-likeness (QED) is 0.195. The Morgan fingerprint density at radius 2 is 1.29 bits per heavy atom. The molecule has 4 heterocycles. The molecule has 2 atom stereocenters. The number of nitrogens with one attached hydrogen (secondary N) is 2. The highest BCUT2D eigenvalue weighted by Gasteiger charge is 2.28. The third-order valence-corrected chi connectivity index (χ3v) is 11.3. The highest BCUT2D eigenvalue weighted by molar-refractivity contribution is 7.25. The van der Waals surface area contributed by atoms with E-state index in [0.717, 1.165) is 72.0 Å². The lowest BCUT2D eigenvalue weighted by molar-refractivity contribution is 0.411. The van der Waals surface area contributed by atoms with Crippen LogP contribution in [-0.4, -0.2) is 5.84 Å². The van der Waals surface area contributed by atoms with Crippen LogP contribution in [0.15, 0.2) is 165 Å². The Morgan fingerprint density at radius 3 is 2.24 bits per heavy atom. The molecular formula is C45H29N3O2S. The van der Waals surface area contributed by atoms with E-state index in [1.807, 2.05) is 29.5 Å². The minimum absolute atomic E-state index is 0.167. The number of aliphatic imine (C=N–C) groups is 1. The number of rotatable bonds is 4. The van der Waals surface area contributed by atoms with Crippen LogP contribution in [0.2, 0.25) is 0 Å². The van der Waals surface area contributed by atoms with Gasteiger partial charge in [-0.1, -0.05) is 115 Å². The van der Waals surface area contributed by atoms with Gasteiger partial charge in [-0.2, -0.15) is 0 Å². The Morgan fingerprint density at radius 1 is 0.529 bits per heavy atom. The summed E-state index contributed by atoms with van der Waals surface area (Å²) in [5.74, 6) is 0.856. The normalized spacial score (nSPS) is 16.4. The van der Waals surface area contributed by atoms with Crippen molar-refractivity contribution in [3.63, 3.8) is 0 Å². The second kappa shape index (κ2) is 11.2. The van der Waals surface area contributed by atoms with E-state index in [9.17, 15) is 0 Å². The van der Waals surface area contributed by atoms with Crippen LogP contribution in [0.25, 0.3) is 75.2 Å². The van der Waals surface area contributed by atoms with Gasteiger partial charge in [-0.05, 0) is 53.1 Å². The van der Waals surface area contributed by atoms with Crippen LogP contribution in [-0.2, 0) is 0 Å². The van der Waals surface area contributed by atoms with Gasteiger partial charge in [-0.25, -0.2) is 4.99 Å². The van der Waals surface area contributed by atoms with Gasteiger partial charge in [0, 0.05) is 52.8 Å². The maximum Gasteiger partial charge on any atom is 0.143 e. The molecule has 6 heteroatoms. The van der Waals surface area contributed by atoms with Gasteiger partial charge >= 0.3 is 0 Å². The van der Waals surface area contributed by atoms with E-state index in [0.29, 0.717) is 0 Å². The lowest BCUT2D eigenvalue weighted by Gasteiger charge is -2.32. The number of hydrogen-bond donors (Lipinski definition) is 2. The molecule has 0 amide bonds. The Balaban J connectivity index is 1.01. The Bertz CT molecular complexity index is 3010. The van der Waals surface area contributed by atoms with Crippen LogP contribution in [0.4, 0.5) is 0 Å². The number of furan rings is 2. The molecule has 2 N–H and O–H groups in total. The Hall–Kier alpha value is -6.21. The van der Waals surface area contributed by atoms with Crippen molar-refractivity contribution in [1.82, 2.24) is 10.6 Å². The first-order valence-corrected chi connectivity index (χ1v) is 18.0. The fourth-order valence-electron chi connectivity index (χ4n) is 7.78. The Labute approximate surface area is 296 Å². The van der Waals surface area contributed by atoms with Crippen LogP contribution in [0.5, 0.6) is 0 Å². The van der Waals surface area contributed by atoms with Crippen molar-refractivity contribution < 1.29 is 8.83 Å². The number of fused-ring (bicyclic) bond motifs is 9. The van der Waals surface area contributed by atoms with E-state index in [-0.39, 0.29) is 12.3 Å². The first kappa shape index (κ1) is 28.6. The zero-order chi connectivity index (χ0) is 33.5. The SMILES string of the molecule is c1ccc(C2=NC(c3ccc4c(c3)oc3ccc(-c5cccc6c5oc5ccccc56)cc34)NC(c3cccc4sc5ccccc5c34)N2)cc1. The number of thiophene rings is 1. The molecule has 7 aromatic carbocycles. The summed E-state index contributed by atoms with van der Waals surface area (Å²) in [5, 5.41) is 14.5. The molecule has 0 radical (unpaired) electrons. The molecule has 242 valence electrons. The molecule has 5 nitrogen and oxygen atoms in total. The van der Waals surface area contributed by atoms with E-state index in [2.05, 4.69) is 144 Å². The lowest BCUT2D eigenvalue weighted by Crippen LogP contribution is -2.45. The molecule has 0 fully saturated rings. The molecule has 0 spiro atoms. The van der Waals surface area contributed by atoms with Crippen molar-refractivity contribution >= 4 is 81.2 Å². The minimum Gasteiger partial charge on any atom is -0.456 e. The van der Waals surface area contributed by atoms with Crippen molar-refractivity contribution in [2.24, 2.45) is 4.99 Å². The number of benzene rings is 7. The summed E-state index contributed by atoms with van der Waals surface area (Å²) < 4.78 is 15.5. The average molecular weight is 676 g/mol. The lowest BCUT2D eigenvalue weighted by atomic mass is 9.99. The molecule has 0 saturated carbocycles. The third-order valence-electron chi connectivity index (χ3n) is 10.2. The topological polar surface area (TPSA) is 62.7 Å². The molecule has 51 heavy (non-hydrogen) atoms. The molecule has 10 aromatic rings. The van der Waals surface area contributed by atoms with Gasteiger partial charge in [-0.3, -0.25) is 5.32 Å². The van der Waals surface area contributed by atoms with E-state index in [1.165, 1.54) is 25.7 Å². The van der Waals surface area contributed by atoms with Gasteiger partial charge in [0.25, 0.3) is 0 Å². The smallest absolute Gasteiger partial charge is 0.143 e. The van der Waals surface area contributed by atoms with Gasteiger partial charge in [0.1, 0.15) is 40.5 Å². The summed E-state index contributed by atoms with van der Waals surface area (Å²) in [6.07, 6.45) is -0.468. The fraction of sp³-hybridized carbons (Fsp3) is 0.0444. The monoisotopic (exact) mass is 675 g/mol. The van der Waals surface area contributed by atoms with Gasteiger partial charge in [-0.15, -0.1) is 11.3 Å². The predicted octanol–water partition coefficient (Wildman–Crippen LogP) is 11.9. The molecule has 0 bridgehead atoms.